The van der Waals surface area contributed by atoms with E-state index in [0.717, 1.165) is 41.6 Å². The zero-order chi connectivity index (χ0) is 29.0. The molecule has 41 heavy (non-hydrogen) atoms. The van der Waals surface area contributed by atoms with Gasteiger partial charge in [-0.25, -0.2) is 4.99 Å². The third kappa shape index (κ3) is 6.87. The number of fused-ring (bicyclic) bond motifs is 1. The van der Waals surface area contributed by atoms with Crippen molar-refractivity contribution in [3.05, 3.63) is 111 Å². The van der Waals surface area contributed by atoms with E-state index in [1.165, 1.54) is 4.88 Å². The molecular weight excluding hydrogens is 550 g/mol. The molecule has 0 unspecified atom stereocenters. The van der Waals surface area contributed by atoms with Crippen molar-refractivity contribution < 1.29 is 9.53 Å². The van der Waals surface area contributed by atoms with E-state index < -0.39 is 0 Å². The van der Waals surface area contributed by atoms with Crippen LogP contribution in [0.15, 0.2) is 77.8 Å². The summed E-state index contributed by atoms with van der Waals surface area (Å²) >= 11 is 7.96. The molecule has 208 valence electrons. The Labute approximate surface area is 250 Å². The highest BCUT2D eigenvalue weighted by Crippen LogP contribution is 2.45. The molecule has 0 aliphatic heterocycles. The van der Waals surface area contributed by atoms with E-state index in [1.807, 2.05) is 54.6 Å². The number of carbonyl (C=O) groups excluding carboxylic acids is 1. The largest absolute Gasteiger partial charge is 0.488 e. The van der Waals surface area contributed by atoms with Crippen molar-refractivity contribution in [3.63, 3.8) is 0 Å². The number of para-hydroxylation sites is 1. The van der Waals surface area contributed by atoms with Crippen LogP contribution >= 0.6 is 22.9 Å². The van der Waals surface area contributed by atoms with Crippen molar-refractivity contribution in [3.8, 4) is 11.8 Å². The second-order valence-electron chi connectivity index (χ2n) is 11.3. The Hall–Kier alpha value is -3.92. The lowest BCUT2D eigenvalue weighted by molar-refractivity contribution is 0.102. The predicted octanol–water partition coefficient (Wildman–Crippen LogP) is 9.01. The lowest BCUT2D eigenvalue weighted by Gasteiger charge is -2.33. The van der Waals surface area contributed by atoms with Crippen molar-refractivity contribution in [2.24, 2.45) is 16.3 Å². The number of nitrogens with one attached hydrogen (secondary N) is 1. The summed E-state index contributed by atoms with van der Waals surface area (Å²) in [5, 5.41) is 13.4. The maximum atomic E-state index is 13.6. The molecule has 0 fully saturated rings. The molecule has 1 N–H and O–H groups in total. The Kier molecular flexibility index (Phi) is 8.58. The summed E-state index contributed by atoms with van der Waals surface area (Å²) in [4.78, 5) is 19.7. The highest BCUT2D eigenvalue weighted by molar-refractivity contribution is 7.16. The van der Waals surface area contributed by atoms with Gasteiger partial charge in [0.15, 0.2) is 0 Å². The van der Waals surface area contributed by atoms with Gasteiger partial charge in [0.2, 0.25) is 0 Å². The average molecular weight is 582 g/mol. The number of aliphatic imine (C=N–C) groups is 1. The number of thiophene rings is 1. The highest BCUT2D eigenvalue weighted by Gasteiger charge is 2.33. The highest BCUT2D eigenvalue weighted by atomic mass is 35.5. The van der Waals surface area contributed by atoms with Gasteiger partial charge >= 0.3 is 0 Å². The molecular formula is C34H32ClN3O2S. The summed E-state index contributed by atoms with van der Waals surface area (Å²) in [6.07, 6.45) is 4.58. The minimum Gasteiger partial charge on any atom is -0.488 e. The summed E-state index contributed by atoms with van der Waals surface area (Å²) in [6.45, 7) is 7.20. The summed E-state index contributed by atoms with van der Waals surface area (Å²) in [6, 6.07) is 24.4. The number of ether oxygens (including phenoxy) is 1. The van der Waals surface area contributed by atoms with Crippen molar-refractivity contribution in [2.75, 3.05) is 5.32 Å². The topological polar surface area (TPSA) is 74.5 Å². The minimum absolute atomic E-state index is 0.140. The molecule has 4 aromatic rings. The second kappa shape index (κ2) is 12.3. The fraction of sp³-hybridized carbons (Fsp3) is 0.265. The Morgan fingerprint density at radius 2 is 1.90 bits per heavy atom. The van der Waals surface area contributed by atoms with Gasteiger partial charge < -0.3 is 10.1 Å². The molecule has 0 radical (unpaired) electrons. The molecule has 1 aliphatic carbocycles. The third-order valence-corrected chi connectivity index (χ3v) is 8.90. The van der Waals surface area contributed by atoms with Crippen LogP contribution in [0.2, 0.25) is 5.02 Å². The number of anilines is 1. The molecule has 0 saturated carbocycles. The van der Waals surface area contributed by atoms with E-state index in [4.69, 9.17) is 26.6 Å². The van der Waals surface area contributed by atoms with Crippen LogP contribution in [0.1, 0.15) is 64.7 Å². The van der Waals surface area contributed by atoms with Crippen LogP contribution in [-0.2, 0) is 19.4 Å². The van der Waals surface area contributed by atoms with Gasteiger partial charge in [-0.1, -0.05) is 62.7 Å². The first kappa shape index (κ1) is 28.6. The lowest BCUT2D eigenvalue weighted by atomic mass is 9.72. The Morgan fingerprint density at radius 1 is 1.15 bits per heavy atom. The van der Waals surface area contributed by atoms with Gasteiger partial charge in [-0.2, -0.15) is 5.26 Å². The molecule has 5 nitrogen and oxygen atoms in total. The minimum atomic E-state index is -0.140. The van der Waals surface area contributed by atoms with Crippen molar-refractivity contribution in [2.45, 2.75) is 46.6 Å². The lowest BCUT2D eigenvalue weighted by Crippen LogP contribution is -2.27. The van der Waals surface area contributed by atoms with Crippen LogP contribution in [0.4, 0.5) is 10.7 Å². The normalized spacial score (nSPS) is 14.9. The van der Waals surface area contributed by atoms with Gasteiger partial charge in [0.05, 0.1) is 17.2 Å². The Balaban J connectivity index is 1.45. The second-order valence-corrected chi connectivity index (χ2v) is 12.9. The van der Waals surface area contributed by atoms with Crippen LogP contribution < -0.4 is 10.1 Å². The molecule has 5 rings (SSSR count). The predicted molar refractivity (Wildman–Crippen MR) is 168 cm³/mol. The van der Waals surface area contributed by atoms with Gasteiger partial charge in [-0.3, -0.25) is 4.79 Å². The summed E-state index contributed by atoms with van der Waals surface area (Å²) in [5.41, 5.74) is 4.98. The van der Waals surface area contributed by atoms with Crippen LogP contribution in [-0.4, -0.2) is 12.1 Å². The van der Waals surface area contributed by atoms with Crippen LogP contribution in [0.5, 0.6) is 5.75 Å². The number of hydrogen-bond donors (Lipinski definition) is 1. The summed E-state index contributed by atoms with van der Waals surface area (Å²) < 4.78 is 6.12. The number of rotatable bonds is 7. The monoisotopic (exact) mass is 581 g/mol. The van der Waals surface area contributed by atoms with Gasteiger partial charge in [0.1, 0.15) is 17.4 Å². The number of amides is 1. The Morgan fingerprint density at radius 3 is 2.61 bits per heavy atom. The molecule has 0 spiro atoms. The molecule has 1 heterocycles. The first-order valence-electron chi connectivity index (χ1n) is 13.7. The fourth-order valence-corrected chi connectivity index (χ4v) is 6.52. The molecule has 7 heteroatoms. The average Bonchev–Trinajstić information content (AvgIpc) is 3.34. The quantitative estimate of drug-likeness (QED) is 0.221. The number of halogens is 1. The molecule has 3 aromatic carbocycles. The van der Waals surface area contributed by atoms with Gasteiger partial charge in [0, 0.05) is 27.4 Å². The number of benzene rings is 3. The Bertz CT molecular complexity index is 1610. The van der Waals surface area contributed by atoms with Crippen LogP contribution in [0, 0.1) is 22.7 Å². The van der Waals surface area contributed by atoms with E-state index in [-0.39, 0.29) is 11.3 Å². The van der Waals surface area contributed by atoms with Crippen LogP contribution in [0.25, 0.3) is 0 Å². The van der Waals surface area contributed by atoms with Gasteiger partial charge in [-0.05, 0) is 84.2 Å². The van der Waals surface area contributed by atoms with Gasteiger partial charge in [-0.15, -0.1) is 11.3 Å². The molecule has 0 saturated heterocycles. The molecule has 1 amide bonds. The fourth-order valence-electron chi connectivity index (χ4n) is 5.07. The van der Waals surface area contributed by atoms with Crippen molar-refractivity contribution in [1.29, 1.82) is 5.26 Å². The van der Waals surface area contributed by atoms with E-state index in [9.17, 15) is 4.79 Å². The van der Waals surface area contributed by atoms with E-state index in [1.54, 1.807) is 35.8 Å². The number of nitrogens with zero attached hydrogens (tertiary/aromatic N) is 2. The van der Waals surface area contributed by atoms with E-state index in [0.29, 0.717) is 39.4 Å². The maximum absolute atomic E-state index is 13.6. The van der Waals surface area contributed by atoms with Crippen molar-refractivity contribution in [1.82, 2.24) is 0 Å². The van der Waals surface area contributed by atoms with Gasteiger partial charge in [0.25, 0.3) is 5.91 Å². The molecule has 1 aromatic heterocycles. The first-order chi connectivity index (χ1) is 19.7. The number of hydrogen-bond acceptors (Lipinski definition) is 5. The standard InChI is InChI=1S/C34H32ClN3O2S/c1-34(2,3)25-13-15-28-30(18-25)41-33(31(28)32(39)38-27-7-5-4-6-8-27)37-20-24-17-26(35)14-16-29(24)40-21-23-11-9-22(19-36)10-12-23/h4-12,14,16-17,20,25H,13,15,18,21H2,1-3H3,(H,38,39)/t25-/m0/s1. The smallest absolute Gasteiger partial charge is 0.259 e. The maximum Gasteiger partial charge on any atom is 0.259 e. The number of nitriles is 1. The molecule has 1 aliphatic rings. The zero-order valence-electron chi connectivity index (χ0n) is 23.4. The van der Waals surface area contributed by atoms with E-state index in [2.05, 4.69) is 32.2 Å². The van der Waals surface area contributed by atoms with E-state index >= 15 is 0 Å². The van der Waals surface area contributed by atoms with Crippen LogP contribution in [0.3, 0.4) is 0 Å². The summed E-state index contributed by atoms with van der Waals surface area (Å²) in [5.74, 6) is 1.04. The third-order valence-electron chi connectivity index (χ3n) is 7.50. The zero-order valence-corrected chi connectivity index (χ0v) is 25.0. The molecule has 1 atom stereocenters. The molecule has 0 bridgehead atoms. The summed E-state index contributed by atoms with van der Waals surface area (Å²) in [7, 11) is 0. The SMILES string of the molecule is CC(C)(C)[C@H]1CCc2c(sc(N=Cc3cc(Cl)ccc3OCc3ccc(C#N)cc3)c2C(=O)Nc2ccccc2)C1. The number of carbonyl (C=O) groups is 1. The van der Waals surface area contributed by atoms with Crippen molar-refractivity contribution >= 4 is 45.7 Å². The first-order valence-corrected chi connectivity index (χ1v) is 14.9.